The molecule has 1 atom stereocenters. The maximum absolute atomic E-state index is 12.3. The Kier molecular flexibility index (Phi) is 5.99. The van der Waals surface area contributed by atoms with Crippen molar-refractivity contribution in [2.45, 2.75) is 64.0 Å². The van der Waals surface area contributed by atoms with E-state index >= 15 is 0 Å². The molecular weight excluding hydrogens is 306 g/mol. The van der Waals surface area contributed by atoms with Crippen LogP contribution in [0.3, 0.4) is 0 Å². The van der Waals surface area contributed by atoms with Gasteiger partial charge in [-0.1, -0.05) is 18.6 Å². The van der Waals surface area contributed by atoms with Crippen LogP contribution in [0.4, 0.5) is 0 Å². The second kappa shape index (κ2) is 7.79. The fourth-order valence-electron chi connectivity index (χ4n) is 2.63. The Bertz CT molecular complexity index is 570. The van der Waals surface area contributed by atoms with Gasteiger partial charge in [0.15, 0.2) is 0 Å². The summed E-state index contributed by atoms with van der Waals surface area (Å²) in [6.07, 6.45) is 3.92. The zero-order valence-corrected chi connectivity index (χ0v) is 14.7. The first-order chi connectivity index (χ1) is 11.3. The summed E-state index contributed by atoms with van der Waals surface area (Å²) in [6.45, 7) is 6.00. The molecule has 1 amide bonds. The van der Waals surface area contributed by atoms with Gasteiger partial charge in [0, 0.05) is 18.6 Å². The Morgan fingerprint density at radius 1 is 1.25 bits per heavy atom. The second-order valence-corrected chi connectivity index (χ2v) is 7.36. The van der Waals surface area contributed by atoms with Gasteiger partial charge >= 0.3 is 5.97 Å². The summed E-state index contributed by atoms with van der Waals surface area (Å²) < 4.78 is 5.54. The molecule has 0 saturated heterocycles. The van der Waals surface area contributed by atoms with Crippen LogP contribution < -0.4 is 5.32 Å². The Labute approximate surface area is 143 Å². The topological polar surface area (TPSA) is 75.6 Å². The number of nitrogens with one attached hydrogen (secondary N) is 1. The molecule has 1 aliphatic carbocycles. The lowest BCUT2D eigenvalue weighted by Gasteiger charge is -2.25. The van der Waals surface area contributed by atoms with E-state index < -0.39 is 12.0 Å². The van der Waals surface area contributed by atoms with Crippen LogP contribution in [-0.4, -0.2) is 35.2 Å². The summed E-state index contributed by atoms with van der Waals surface area (Å²) in [4.78, 5) is 23.6. The van der Waals surface area contributed by atoms with E-state index in [2.05, 4.69) is 5.32 Å². The number of carbonyl (C=O) groups excluding carboxylic acids is 1. The molecule has 2 rings (SSSR count). The maximum Gasteiger partial charge on any atom is 0.326 e. The molecule has 1 unspecified atom stereocenters. The number of hydrogen-bond donors (Lipinski definition) is 2. The molecule has 1 aliphatic rings. The highest BCUT2D eigenvalue weighted by atomic mass is 16.5. The fraction of sp³-hybridized carbons (Fsp3) is 0.579. The second-order valence-electron chi connectivity index (χ2n) is 7.36. The van der Waals surface area contributed by atoms with Crippen LogP contribution in [0.15, 0.2) is 24.3 Å². The predicted octanol–water partition coefficient (Wildman–Crippen LogP) is 3.34. The largest absolute Gasteiger partial charge is 0.480 e. The third kappa shape index (κ3) is 5.34. The van der Waals surface area contributed by atoms with Crippen molar-refractivity contribution in [3.63, 3.8) is 0 Å². The molecule has 1 aromatic carbocycles. The Balaban J connectivity index is 1.90. The fourth-order valence-corrected chi connectivity index (χ4v) is 2.63. The minimum atomic E-state index is -1.05. The molecule has 0 radical (unpaired) electrons. The highest BCUT2D eigenvalue weighted by molar-refractivity contribution is 5.96. The molecule has 0 bridgehead atoms. The van der Waals surface area contributed by atoms with Crippen molar-refractivity contribution in [3.05, 3.63) is 35.4 Å². The van der Waals surface area contributed by atoms with Gasteiger partial charge < -0.3 is 15.2 Å². The van der Waals surface area contributed by atoms with Crippen molar-refractivity contribution < 1.29 is 19.4 Å². The molecule has 1 fully saturated rings. The number of carboxylic acid groups (broad SMARTS) is 1. The van der Waals surface area contributed by atoms with E-state index in [1.807, 2.05) is 32.9 Å². The Morgan fingerprint density at radius 2 is 1.88 bits per heavy atom. The average molecular weight is 333 g/mol. The number of rotatable bonds is 7. The number of hydrogen-bond acceptors (Lipinski definition) is 3. The van der Waals surface area contributed by atoms with Crippen molar-refractivity contribution in [2.75, 3.05) is 6.61 Å². The first kappa shape index (κ1) is 18.5. The molecule has 1 saturated carbocycles. The molecule has 2 N–H and O–H groups in total. The number of carboxylic acids is 1. The van der Waals surface area contributed by atoms with Crippen molar-refractivity contribution in [3.8, 4) is 0 Å². The molecule has 0 aromatic heterocycles. The zero-order chi connectivity index (χ0) is 17.7. The summed E-state index contributed by atoms with van der Waals surface area (Å²) in [6, 6.07) is 6.53. The van der Waals surface area contributed by atoms with Crippen LogP contribution in [0.1, 0.15) is 68.3 Å². The average Bonchev–Trinajstić information content (AvgIpc) is 2.43. The monoisotopic (exact) mass is 333 g/mol. The molecule has 5 nitrogen and oxygen atoms in total. The zero-order valence-electron chi connectivity index (χ0n) is 14.7. The van der Waals surface area contributed by atoms with Gasteiger partial charge in [-0.15, -0.1) is 0 Å². The summed E-state index contributed by atoms with van der Waals surface area (Å²) >= 11 is 0. The molecule has 132 valence electrons. The lowest BCUT2D eigenvalue weighted by atomic mass is 9.80. The van der Waals surface area contributed by atoms with Crippen molar-refractivity contribution in [1.82, 2.24) is 5.32 Å². The van der Waals surface area contributed by atoms with Crippen molar-refractivity contribution in [1.29, 1.82) is 0 Å². The van der Waals surface area contributed by atoms with Crippen molar-refractivity contribution in [2.24, 2.45) is 0 Å². The minimum absolute atomic E-state index is 0.235. The molecule has 0 aliphatic heterocycles. The number of amides is 1. The molecule has 1 aromatic rings. The maximum atomic E-state index is 12.3. The highest BCUT2D eigenvalue weighted by Crippen LogP contribution is 2.36. The van der Waals surface area contributed by atoms with E-state index in [0.29, 0.717) is 11.5 Å². The van der Waals surface area contributed by atoms with E-state index in [1.54, 1.807) is 12.1 Å². The summed E-state index contributed by atoms with van der Waals surface area (Å²) in [7, 11) is 0. The molecular formula is C19H27NO4. The van der Waals surface area contributed by atoms with Gasteiger partial charge in [0.25, 0.3) is 5.91 Å². The molecule has 0 spiro atoms. The smallest absolute Gasteiger partial charge is 0.326 e. The van der Waals surface area contributed by atoms with Gasteiger partial charge in [-0.2, -0.15) is 0 Å². The SMILES string of the molecule is CC(C)(C)OCCC(NC(=O)c1ccc(C2CCC2)cc1)C(=O)O. The van der Waals surface area contributed by atoms with Gasteiger partial charge in [-0.3, -0.25) is 4.79 Å². The number of aliphatic carboxylic acids is 1. The number of ether oxygens (including phenoxy) is 1. The third-order valence-electron chi connectivity index (χ3n) is 4.29. The molecule has 24 heavy (non-hydrogen) atoms. The quantitative estimate of drug-likeness (QED) is 0.802. The van der Waals surface area contributed by atoms with E-state index in [1.165, 1.54) is 24.8 Å². The van der Waals surface area contributed by atoms with Gasteiger partial charge in [-0.05, 0) is 57.2 Å². The predicted molar refractivity (Wildman–Crippen MR) is 92.2 cm³/mol. The van der Waals surface area contributed by atoms with E-state index in [9.17, 15) is 14.7 Å². The van der Waals surface area contributed by atoms with Crippen molar-refractivity contribution >= 4 is 11.9 Å². The summed E-state index contributed by atoms with van der Waals surface area (Å²) in [5, 5.41) is 11.9. The Morgan fingerprint density at radius 3 is 2.33 bits per heavy atom. The lowest BCUT2D eigenvalue weighted by molar-refractivity contribution is -0.140. The van der Waals surface area contributed by atoms with Gasteiger partial charge in [0.2, 0.25) is 0 Å². The van der Waals surface area contributed by atoms with E-state index in [-0.39, 0.29) is 24.5 Å². The summed E-state index contributed by atoms with van der Waals surface area (Å²) in [5.41, 5.74) is 1.41. The first-order valence-electron chi connectivity index (χ1n) is 8.54. The van der Waals surface area contributed by atoms with Crippen LogP contribution >= 0.6 is 0 Å². The van der Waals surface area contributed by atoms with Crippen LogP contribution in [0.2, 0.25) is 0 Å². The first-order valence-corrected chi connectivity index (χ1v) is 8.54. The standard InChI is InChI=1S/C19H27NO4/c1-19(2,3)24-12-11-16(18(22)23)20-17(21)15-9-7-14(8-10-15)13-5-4-6-13/h7-10,13,16H,4-6,11-12H2,1-3H3,(H,20,21)(H,22,23). The van der Waals surface area contributed by atoms with Gasteiger partial charge in [-0.25, -0.2) is 4.79 Å². The lowest BCUT2D eigenvalue weighted by Crippen LogP contribution is -2.42. The van der Waals surface area contributed by atoms with E-state index in [4.69, 9.17) is 4.74 Å². The summed E-state index contributed by atoms with van der Waals surface area (Å²) in [5.74, 6) is -0.798. The number of carbonyl (C=O) groups is 2. The minimum Gasteiger partial charge on any atom is -0.480 e. The molecule has 5 heteroatoms. The Hall–Kier alpha value is -1.88. The van der Waals surface area contributed by atoms with Crippen LogP contribution in [0, 0.1) is 0 Å². The van der Waals surface area contributed by atoms with Crippen LogP contribution in [-0.2, 0) is 9.53 Å². The highest BCUT2D eigenvalue weighted by Gasteiger charge is 2.23. The third-order valence-corrected chi connectivity index (χ3v) is 4.29. The van der Waals surface area contributed by atoms with Gasteiger partial charge in [0.05, 0.1) is 5.60 Å². The van der Waals surface area contributed by atoms with E-state index in [0.717, 1.165) is 0 Å². The molecule has 0 heterocycles. The normalized spacial score (nSPS) is 16.3. The van der Waals surface area contributed by atoms with Gasteiger partial charge in [0.1, 0.15) is 6.04 Å². The number of benzene rings is 1. The van der Waals surface area contributed by atoms with Crippen LogP contribution in [0.25, 0.3) is 0 Å². The van der Waals surface area contributed by atoms with Crippen LogP contribution in [0.5, 0.6) is 0 Å².